The maximum atomic E-state index is 6.65. The van der Waals surface area contributed by atoms with E-state index >= 15 is 0 Å². The third-order valence-electron chi connectivity index (χ3n) is 6.10. The predicted octanol–water partition coefficient (Wildman–Crippen LogP) is 9.13. The second kappa shape index (κ2) is 7.27. The lowest BCUT2D eigenvalue weighted by molar-refractivity contribution is 1.62. The SMILES string of the molecule is Clc1cc(-c2cccc3ccccc23)cc(-c2cccc3c2ccc2ccccc23)c1. The first-order valence-corrected chi connectivity index (χ1v) is 10.9. The lowest BCUT2D eigenvalue weighted by Gasteiger charge is -2.13. The summed E-state index contributed by atoms with van der Waals surface area (Å²) in [5, 5.41) is 8.26. The first kappa shape index (κ1) is 18.2. The van der Waals surface area contributed by atoms with E-state index in [0.29, 0.717) is 0 Å². The predicted molar refractivity (Wildman–Crippen MR) is 135 cm³/mol. The van der Waals surface area contributed by atoms with Gasteiger partial charge in [0.15, 0.2) is 0 Å². The van der Waals surface area contributed by atoms with Crippen molar-refractivity contribution in [2.45, 2.75) is 0 Å². The van der Waals surface area contributed by atoms with Gasteiger partial charge in [-0.25, -0.2) is 0 Å². The Morgan fingerprint density at radius 3 is 1.71 bits per heavy atom. The fourth-order valence-electron chi connectivity index (χ4n) is 4.67. The van der Waals surface area contributed by atoms with Crippen LogP contribution < -0.4 is 0 Å². The molecule has 0 bridgehead atoms. The number of benzene rings is 6. The van der Waals surface area contributed by atoms with Gasteiger partial charge in [-0.1, -0.05) is 109 Å². The summed E-state index contributed by atoms with van der Waals surface area (Å²) in [6, 6.07) is 40.9. The van der Waals surface area contributed by atoms with Crippen molar-refractivity contribution >= 4 is 43.9 Å². The largest absolute Gasteiger partial charge is 0.0843 e. The maximum absolute atomic E-state index is 6.65. The van der Waals surface area contributed by atoms with Crippen LogP contribution in [-0.4, -0.2) is 0 Å². The Kier molecular flexibility index (Phi) is 4.26. The van der Waals surface area contributed by atoms with E-state index in [1.165, 1.54) is 43.4 Å². The molecule has 1 heteroatoms. The molecule has 0 spiro atoms. The molecule has 0 aliphatic heterocycles. The van der Waals surface area contributed by atoms with Gasteiger partial charge in [0.25, 0.3) is 0 Å². The highest BCUT2D eigenvalue weighted by Gasteiger charge is 2.11. The second-order valence-electron chi connectivity index (χ2n) is 7.94. The molecule has 0 radical (unpaired) electrons. The molecule has 146 valence electrons. The molecule has 0 N–H and O–H groups in total. The van der Waals surface area contributed by atoms with Crippen LogP contribution in [0.3, 0.4) is 0 Å². The highest BCUT2D eigenvalue weighted by Crippen LogP contribution is 2.38. The summed E-state index contributed by atoms with van der Waals surface area (Å²) in [4.78, 5) is 0. The third-order valence-corrected chi connectivity index (χ3v) is 6.31. The Labute approximate surface area is 186 Å². The number of hydrogen-bond donors (Lipinski definition) is 0. The zero-order valence-corrected chi connectivity index (χ0v) is 17.6. The molecule has 0 aliphatic carbocycles. The van der Waals surface area contributed by atoms with E-state index in [4.69, 9.17) is 11.6 Å². The molecule has 0 fully saturated rings. The Morgan fingerprint density at radius 2 is 0.935 bits per heavy atom. The fourth-order valence-corrected chi connectivity index (χ4v) is 4.90. The lowest BCUT2D eigenvalue weighted by Crippen LogP contribution is -1.86. The third kappa shape index (κ3) is 3.08. The summed E-state index contributed by atoms with van der Waals surface area (Å²) in [5.74, 6) is 0. The zero-order chi connectivity index (χ0) is 20.8. The van der Waals surface area contributed by atoms with Gasteiger partial charge in [-0.05, 0) is 72.8 Å². The highest BCUT2D eigenvalue weighted by molar-refractivity contribution is 6.31. The molecule has 6 aromatic carbocycles. The van der Waals surface area contributed by atoms with Crippen LogP contribution in [0.1, 0.15) is 0 Å². The van der Waals surface area contributed by atoms with Crippen molar-refractivity contribution in [3.8, 4) is 22.3 Å². The Morgan fingerprint density at radius 1 is 0.387 bits per heavy atom. The molecule has 0 unspecified atom stereocenters. The smallest absolute Gasteiger partial charge is 0.0418 e. The van der Waals surface area contributed by atoms with E-state index in [1.54, 1.807) is 0 Å². The van der Waals surface area contributed by atoms with Crippen LogP contribution in [0, 0.1) is 0 Å². The normalized spacial score (nSPS) is 11.4. The van der Waals surface area contributed by atoms with Gasteiger partial charge in [0.05, 0.1) is 0 Å². The van der Waals surface area contributed by atoms with E-state index in [2.05, 4.69) is 115 Å². The van der Waals surface area contributed by atoms with Crippen LogP contribution in [0.4, 0.5) is 0 Å². The maximum Gasteiger partial charge on any atom is 0.0418 e. The van der Waals surface area contributed by atoms with Crippen LogP contribution >= 0.6 is 11.6 Å². The van der Waals surface area contributed by atoms with E-state index in [1.807, 2.05) is 0 Å². The first-order valence-electron chi connectivity index (χ1n) is 10.5. The summed E-state index contributed by atoms with van der Waals surface area (Å²) < 4.78 is 0. The Balaban J connectivity index is 1.61. The van der Waals surface area contributed by atoms with Gasteiger partial charge < -0.3 is 0 Å². The van der Waals surface area contributed by atoms with E-state index in [9.17, 15) is 0 Å². The molecule has 0 atom stereocenters. The van der Waals surface area contributed by atoms with Gasteiger partial charge in [0.1, 0.15) is 0 Å². The minimum atomic E-state index is 0.748. The van der Waals surface area contributed by atoms with Crippen molar-refractivity contribution in [3.05, 3.63) is 120 Å². The molecule has 0 nitrogen and oxygen atoms in total. The van der Waals surface area contributed by atoms with Gasteiger partial charge >= 0.3 is 0 Å². The minimum Gasteiger partial charge on any atom is -0.0843 e. The van der Waals surface area contributed by atoms with Crippen LogP contribution in [0.5, 0.6) is 0 Å². The molecule has 0 aromatic heterocycles. The van der Waals surface area contributed by atoms with Crippen LogP contribution in [-0.2, 0) is 0 Å². The Bertz CT molecular complexity index is 1590. The number of rotatable bonds is 2. The number of fused-ring (bicyclic) bond motifs is 4. The first-order chi connectivity index (χ1) is 15.3. The molecule has 6 aromatic rings. The Hall–Kier alpha value is -3.61. The molecule has 6 rings (SSSR count). The van der Waals surface area contributed by atoms with Crippen molar-refractivity contribution < 1.29 is 0 Å². The van der Waals surface area contributed by atoms with Crippen molar-refractivity contribution in [2.75, 3.05) is 0 Å². The summed E-state index contributed by atoms with van der Waals surface area (Å²) in [6.45, 7) is 0. The molecule has 0 heterocycles. The summed E-state index contributed by atoms with van der Waals surface area (Å²) in [5.41, 5.74) is 4.67. The standard InChI is InChI=1S/C30H19Cl/c31-24-18-22(27-12-5-9-20-7-1-3-10-25(20)27)17-23(19-24)28-13-6-14-29-26-11-4-2-8-21(26)15-16-30(28)29/h1-19H. The van der Waals surface area contributed by atoms with E-state index in [0.717, 1.165) is 16.1 Å². The number of halogens is 1. The summed E-state index contributed by atoms with van der Waals surface area (Å²) in [6.07, 6.45) is 0. The van der Waals surface area contributed by atoms with Gasteiger partial charge in [-0.2, -0.15) is 0 Å². The lowest BCUT2D eigenvalue weighted by atomic mass is 9.92. The minimum absolute atomic E-state index is 0.748. The average molecular weight is 415 g/mol. The van der Waals surface area contributed by atoms with Crippen LogP contribution in [0.2, 0.25) is 5.02 Å². The van der Waals surface area contributed by atoms with Crippen molar-refractivity contribution in [1.82, 2.24) is 0 Å². The monoisotopic (exact) mass is 414 g/mol. The molecule has 31 heavy (non-hydrogen) atoms. The van der Waals surface area contributed by atoms with Crippen LogP contribution in [0.15, 0.2) is 115 Å². The molecule has 0 saturated heterocycles. The molecular formula is C30H19Cl. The van der Waals surface area contributed by atoms with E-state index in [-0.39, 0.29) is 0 Å². The van der Waals surface area contributed by atoms with Crippen molar-refractivity contribution in [3.63, 3.8) is 0 Å². The fraction of sp³-hybridized carbons (Fsp3) is 0. The topological polar surface area (TPSA) is 0 Å². The van der Waals surface area contributed by atoms with Gasteiger partial charge in [0.2, 0.25) is 0 Å². The summed E-state index contributed by atoms with van der Waals surface area (Å²) >= 11 is 6.65. The molecule has 0 aliphatic rings. The average Bonchev–Trinajstić information content (AvgIpc) is 2.83. The van der Waals surface area contributed by atoms with Crippen LogP contribution in [0.25, 0.3) is 54.6 Å². The molecular weight excluding hydrogens is 396 g/mol. The van der Waals surface area contributed by atoms with Gasteiger partial charge in [-0.3, -0.25) is 0 Å². The number of hydrogen-bond acceptors (Lipinski definition) is 0. The van der Waals surface area contributed by atoms with Gasteiger partial charge in [-0.15, -0.1) is 0 Å². The highest BCUT2D eigenvalue weighted by atomic mass is 35.5. The van der Waals surface area contributed by atoms with Gasteiger partial charge in [0, 0.05) is 5.02 Å². The summed E-state index contributed by atoms with van der Waals surface area (Å²) in [7, 11) is 0. The molecule has 0 amide bonds. The second-order valence-corrected chi connectivity index (χ2v) is 8.38. The quantitative estimate of drug-likeness (QED) is 0.248. The van der Waals surface area contributed by atoms with E-state index < -0.39 is 0 Å². The zero-order valence-electron chi connectivity index (χ0n) is 16.8. The van der Waals surface area contributed by atoms with Crippen molar-refractivity contribution in [1.29, 1.82) is 0 Å². The molecule has 0 saturated carbocycles. The van der Waals surface area contributed by atoms with Crippen molar-refractivity contribution in [2.24, 2.45) is 0 Å².